The van der Waals surface area contributed by atoms with Gasteiger partial charge in [0.05, 0.1) is 16.7 Å². The van der Waals surface area contributed by atoms with Crippen LogP contribution in [0.25, 0.3) is 21.8 Å². The number of aromatic nitrogens is 1. The number of nitrogens with one attached hydrogen (secondary N) is 1. The third-order valence-electron chi connectivity index (χ3n) is 3.06. The van der Waals surface area contributed by atoms with E-state index in [9.17, 15) is 0 Å². The first-order valence-electron chi connectivity index (χ1n) is 5.56. The maximum atomic E-state index is 5.65. The van der Waals surface area contributed by atoms with Gasteiger partial charge in [-0.1, -0.05) is 36.4 Å². The van der Waals surface area contributed by atoms with Crippen LogP contribution in [0.2, 0.25) is 0 Å². The fraction of sp³-hybridized carbons (Fsp3) is 0.0714. The number of rotatable bonds is 1. The van der Waals surface area contributed by atoms with Gasteiger partial charge >= 0.3 is 0 Å². The number of hydrazine groups is 1. The number of anilines is 1. The molecule has 3 heteroatoms. The number of hydrogen-bond donors (Lipinski definition) is 2. The van der Waals surface area contributed by atoms with Crippen LogP contribution in [0.3, 0.4) is 0 Å². The lowest BCUT2D eigenvalue weighted by Crippen LogP contribution is -2.08. The highest BCUT2D eigenvalue weighted by Gasteiger charge is 2.08. The summed E-state index contributed by atoms with van der Waals surface area (Å²) in [5.74, 6) is 5.65. The molecule has 0 saturated heterocycles. The first-order valence-corrected chi connectivity index (χ1v) is 5.56. The summed E-state index contributed by atoms with van der Waals surface area (Å²) in [4.78, 5) is 4.69. The summed E-state index contributed by atoms with van der Waals surface area (Å²) in [5, 5.41) is 2.11. The van der Waals surface area contributed by atoms with E-state index in [0.717, 1.165) is 33.1 Å². The molecule has 3 rings (SSSR count). The van der Waals surface area contributed by atoms with Gasteiger partial charge in [0, 0.05) is 10.8 Å². The number of benzene rings is 2. The van der Waals surface area contributed by atoms with Crippen molar-refractivity contribution < 1.29 is 0 Å². The molecule has 0 atom stereocenters. The zero-order valence-electron chi connectivity index (χ0n) is 9.57. The summed E-state index contributed by atoms with van der Waals surface area (Å²) in [5.41, 5.74) is 6.86. The molecule has 2 aromatic carbocycles. The van der Waals surface area contributed by atoms with Crippen LogP contribution in [0, 0.1) is 6.92 Å². The van der Waals surface area contributed by atoms with E-state index >= 15 is 0 Å². The molecular weight excluding hydrogens is 210 g/mol. The van der Waals surface area contributed by atoms with Gasteiger partial charge in [-0.25, -0.2) is 4.98 Å². The van der Waals surface area contributed by atoms with Gasteiger partial charge in [-0.15, -0.1) is 0 Å². The number of nitrogen functional groups attached to an aromatic ring is 1. The summed E-state index contributed by atoms with van der Waals surface area (Å²) >= 11 is 0. The number of para-hydroxylation sites is 2. The molecular formula is C14H13N3. The Kier molecular flexibility index (Phi) is 2.20. The molecule has 0 unspecified atom stereocenters. The van der Waals surface area contributed by atoms with Crippen LogP contribution >= 0.6 is 0 Å². The van der Waals surface area contributed by atoms with Crippen LogP contribution in [0.5, 0.6) is 0 Å². The Labute approximate surface area is 99.2 Å². The Morgan fingerprint density at radius 1 is 1.00 bits per heavy atom. The Morgan fingerprint density at radius 2 is 1.76 bits per heavy atom. The molecule has 3 aromatic rings. The molecule has 0 aliphatic heterocycles. The molecule has 3 nitrogen and oxygen atoms in total. The average Bonchev–Trinajstić information content (AvgIpc) is 2.37. The topological polar surface area (TPSA) is 50.9 Å². The van der Waals surface area contributed by atoms with Crippen molar-refractivity contribution in [3.05, 3.63) is 48.0 Å². The molecule has 0 aliphatic carbocycles. The zero-order valence-corrected chi connectivity index (χ0v) is 9.57. The lowest BCUT2D eigenvalue weighted by molar-refractivity contribution is 1.36. The number of fused-ring (bicyclic) bond motifs is 2. The highest BCUT2D eigenvalue weighted by molar-refractivity contribution is 6.07. The van der Waals surface area contributed by atoms with Crippen molar-refractivity contribution in [2.45, 2.75) is 6.92 Å². The number of nitrogens with zero attached hydrogens (tertiary/aromatic N) is 1. The first-order chi connectivity index (χ1) is 8.31. The molecule has 17 heavy (non-hydrogen) atoms. The summed E-state index contributed by atoms with van der Waals surface area (Å²) in [7, 11) is 0. The van der Waals surface area contributed by atoms with Crippen molar-refractivity contribution >= 4 is 27.5 Å². The van der Waals surface area contributed by atoms with Gasteiger partial charge in [0.1, 0.15) is 0 Å². The second-order valence-electron chi connectivity index (χ2n) is 4.12. The maximum absolute atomic E-state index is 5.65. The molecule has 0 fully saturated rings. The minimum atomic E-state index is 0.939. The van der Waals surface area contributed by atoms with Gasteiger partial charge in [-0.2, -0.15) is 0 Å². The second kappa shape index (κ2) is 3.71. The predicted molar refractivity (Wildman–Crippen MR) is 71.8 cm³/mol. The second-order valence-corrected chi connectivity index (χ2v) is 4.12. The minimum Gasteiger partial charge on any atom is -0.323 e. The molecule has 3 N–H and O–H groups in total. The quantitative estimate of drug-likeness (QED) is 0.379. The fourth-order valence-corrected chi connectivity index (χ4v) is 2.21. The zero-order chi connectivity index (χ0) is 11.8. The molecule has 0 bridgehead atoms. The number of pyridine rings is 1. The van der Waals surface area contributed by atoms with E-state index in [4.69, 9.17) is 10.8 Å². The monoisotopic (exact) mass is 223 g/mol. The standard InChI is InChI=1S/C14H13N3/c1-9-5-4-7-11-13(9)16-12-8-3-2-6-10(12)14(11)17-15/h2-8H,15H2,1H3,(H,16,17). The van der Waals surface area contributed by atoms with Gasteiger partial charge in [0.15, 0.2) is 0 Å². The molecule has 0 amide bonds. The average molecular weight is 223 g/mol. The Morgan fingerprint density at radius 3 is 2.59 bits per heavy atom. The third-order valence-corrected chi connectivity index (χ3v) is 3.06. The lowest BCUT2D eigenvalue weighted by atomic mass is 10.1. The summed E-state index contributed by atoms with van der Waals surface area (Å²) in [6, 6.07) is 14.1. The van der Waals surface area contributed by atoms with E-state index < -0.39 is 0 Å². The van der Waals surface area contributed by atoms with Gasteiger partial charge in [-0.05, 0) is 18.6 Å². The lowest BCUT2D eigenvalue weighted by Gasteiger charge is -2.11. The van der Waals surface area contributed by atoms with Gasteiger partial charge < -0.3 is 5.43 Å². The Bertz CT molecular complexity index is 704. The van der Waals surface area contributed by atoms with E-state index in [1.807, 2.05) is 36.4 Å². The van der Waals surface area contributed by atoms with Crippen molar-refractivity contribution in [3.8, 4) is 0 Å². The van der Waals surface area contributed by atoms with E-state index in [2.05, 4.69) is 18.4 Å². The molecule has 0 saturated carbocycles. The smallest absolute Gasteiger partial charge is 0.0760 e. The third kappa shape index (κ3) is 1.44. The molecule has 1 heterocycles. The van der Waals surface area contributed by atoms with E-state index in [1.54, 1.807) is 0 Å². The molecule has 1 aromatic heterocycles. The summed E-state index contributed by atoms with van der Waals surface area (Å²) in [6.45, 7) is 2.06. The molecule has 0 radical (unpaired) electrons. The Balaban J connectivity index is 2.58. The highest BCUT2D eigenvalue weighted by Crippen LogP contribution is 2.31. The van der Waals surface area contributed by atoms with E-state index in [-0.39, 0.29) is 0 Å². The largest absolute Gasteiger partial charge is 0.323 e. The first kappa shape index (κ1) is 10.1. The molecule has 84 valence electrons. The van der Waals surface area contributed by atoms with Gasteiger partial charge in [0.25, 0.3) is 0 Å². The van der Waals surface area contributed by atoms with Crippen LogP contribution in [0.4, 0.5) is 5.69 Å². The summed E-state index contributed by atoms with van der Waals surface area (Å²) < 4.78 is 0. The van der Waals surface area contributed by atoms with E-state index in [0.29, 0.717) is 0 Å². The van der Waals surface area contributed by atoms with Crippen LogP contribution in [0.15, 0.2) is 42.5 Å². The number of nitrogens with two attached hydrogens (primary N) is 1. The van der Waals surface area contributed by atoms with Gasteiger partial charge in [0.2, 0.25) is 0 Å². The van der Waals surface area contributed by atoms with Crippen LogP contribution < -0.4 is 11.3 Å². The normalized spacial score (nSPS) is 10.9. The summed E-state index contributed by atoms with van der Waals surface area (Å²) in [6.07, 6.45) is 0. The highest BCUT2D eigenvalue weighted by atomic mass is 15.2. The van der Waals surface area contributed by atoms with Crippen LogP contribution in [-0.4, -0.2) is 4.98 Å². The SMILES string of the molecule is Cc1cccc2c(NN)c3ccccc3nc12. The number of aryl methyl sites for hydroxylation is 1. The minimum absolute atomic E-state index is 0.939. The fourth-order valence-electron chi connectivity index (χ4n) is 2.21. The van der Waals surface area contributed by atoms with Crippen LogP contribution in [0.1, 0.15) is 5.56 Å². The van der Waals surface area contributed by atoms with Crippen molar-refractivity contribution in [2.75, 3.05) is 5.43 Å². The van der Waals surface area contributed by atoms with Gasteiger partial charge in [-0.3, -0.25) is 5.84 Å². The van der Waals surface area contributed by atoms with Crippen molar-refractivity contribution in [1.82, 2.24) is 4.98 Å². The maximum Gasteiger partial charge on any atom is 0.0760 e. The molecule has 0 aliphatic rings. The van der Waals surface area contributed by atoms with E-state index in [1.165, 1.54) is 0 Å². The van der Waals surface area contributed by atoms with Crippen molar-refractivity contribution in [1.29, 1.82) is 0 Å². The molecule has 0 spiro atoms. The Hall–Kier alpha value is -2.13. The predicted octanol–water partition coefficient (Wildman–Crippen LogP) is 2.98. The van der Waals surface area contributed by atoms with Crippen molar-refractivity contribution in [2.24, 2.45) is 5.84 Å². The number of hydrogen-bond acceptors (Lipinski definition) is 3. The van der Waals surface area contributed by atoms with Crippen molar-refractivity contribution in [3.63, 3.8) is 0 Å². The van der Waals surface area contributed by atoms with Crippen LogP contribution in [-0.2, 0) is 0 Å².